The fourth-order valence-corrected chi connectivity index (χ4v) is 2.50. The van der Waals surface area contributed by atoms with Crippen LogP contribution in [-0.4, -0.2) is 22.0 Å². The lowest BCUT2D eigenvalue weighted by Gasteiger charge is -2.07. The maximum absolute atomic E-state index is 12.1. The number of aromatic nitrogens is 1. The van der Waals surface area contributed by atoms with Crippen LogP contribution in [0, 0.1) is 0 Å². The lowest BCUT2D eigenvalue weighted by atomic mass is 10.0. The number of nitrogens with one attached hydrogen (secondary N) is 1. The van der Waals surface area contributed by atoms with Crippen LogP contribution >= 0.6 is 11.3 Å². The molecule has 104 valence electrons. The smallest absolute Gasteiger partial charge is 0.355 e. The number of carboxylic acids is 1. The largest absolute Gasteiger partial charge is 0.476 e. The lowest BCUT2D eigenvalue weighted by Crippen LogP contribution is -2.23. The van der Waals surface area contributed by atoms with Crippen molar-refractivity contribution in [3.63, 3.8) is 0 Å². The summed E-state index contributed by atoms with van der Waals surface area (Å²) in [5.74, 6) is -1.23. The van der Waals surface area contributed by atoms with E-state index in [1.54, 1.807) is 6.07 Å². The molecule has 1 aromatic heterocycles. The molecule has 6 heteroatoms. The van der Waals surface area contributed by atoms with Gasteiger partial charge in [0, 0.05) is 10.9 Å². The third-order valence-corrected chi connectivity index (χ3v) is 3.66. The second-order valence-electron chi connectivity index (χ2n) is 4.13. The second-order valence-corrected chi connectivity index (χ2v) is 5.07. The Morgan fingerprint density at radius 2 is 2.10 bits per heavy atom. The number of amides is 1. The Bertz CT molecular complexity index is 637. The predicted molar refractivity (Wildman–Crippen MR) is 76.1 cm³/mol. The van der Waals surface area contributed by atoms with Crippen molar-refractivity contribution in [3.8, 4) is 0 Å². The molecule has 0 saturated heterocycles. The average molecular weight is 290 g/mol. The van der Waals surface area contributed by atoms with Gasteiger partial charge in [-0.2, -0.15) is 0 Å². The van der Waals surface area contributed by atoms with E-state index in [4.69, 9.17) is 5.11 Å². The molecular formula is C14H14N2O3S. The molecule has 0 aliphatic carbocycles. The molecule has 2 N–H and O–H groups in total. The van der Waals surface area contributed by atoms with Crippen molar-refractivity contribution in [1.29, 1.82) is 0 Å². The van der Waals surface area contributed by atoms with Crippen LogP contribution in [0.15, 0.2) is 29.6 Å². The van der Waals surface area contributed by atoms with Crippen LogP contribution < -0.4 is 5.32 Å². The highest BCUT2D eigenvalue weighted by Gasteiger charge is 2.12. The number of nitrogens with zero attached hydrogens (tertiary/aromatic N) is 1. The van der Waals surface area contributed by atoms with E-state index in [0.717, 1.165) is 12.0 Å². The summed E-state index contributed by atoms with van der Waals surface area (Å²) in [4.78, 5) is 26.7. The number of benzene rings is 1. The van der Waals surface area contributed by atoms with Crippen molar-refractivity contribution in [2.45, 2.75) is 19.9 Å². The summed E-state index contributed by atoms with van der Waals surface area (Å²) >= 11 is 1.22. The average Bonchev–Trinajstić information content (AvgIpc) is 2.94. The van der Waals surface area contributed by atoms with Crippen LogP contribution in [0.3, 0.4) is 0 Å². The number of carbonyl (C=O) groups is 2. The number of hydrogen-bond acceptors (Lipinski definition) is 4. The van der Waals surface area contributed by atoms with E-state index in [1.165, 1.54) is 16.7 Å². The molecule has 0 aliphatic rings. The first kappa shape index (κ1) is 14.2. The zero-order valence-electron chi connectivity index (χ0n) is 10.9. The van der Waals surface area contributed by atoms with Crippen molar-refractivity contribution < 1.29 is 14.7 Å². The normalized spacial score (nSPS) is 10.2. The molecule has 0 bridgehead atoms. The van der Waals surface area contributed by atoms with Gasteiger partial charge in [-0.25, -0.2) is 9.78 Å². The Balaban J connectivity index is 2.03. The number of rotatable bonds is 5. The molecule has 1 amide bonds. The van der Waals surface area contributed by atoms with E-state index in [0.29, 0.717) is 10.6 Å². The topological polar surface area (TPSA) is 79.3 Å². The summed E-state index contributed by atoms with van der Waals surface area (Å²) in [5, 5.41) is 13.6. The van der Waals surface area contributed by atoms with Gasteiger partial charge in [0.25, 0.3) is 5.91 Å². The van der Waals surface area contributed by atoms with E-state index < -0.39 is 5.97 Å². The molecule has 0 spiro atoms. The molecule has 0 atom stereocenters. The molecule has 1 aromatic carbocycles. The maximum Gasteiger partial charge on any atom is 0.355 e. The molecule has 0 radical (unpaired) electrons. The molecule has 0 aliphatic heterocycles. The van der Waals surface area contributed by atoms with E-state index in [1.807, 2.05) is 25.1 Å². The first-order valence-electron chi connectivity index (χ1n) is 6.15. The molecule has 2 aromatic rings. The van der Waals surface area contributed by atoms with Crippen LogP contribution in [-0.2, 0) is 13.0 Å². The Morgan fingerprint density at radius 3 is 2.75 bits per heavy atom. The highest BCUT2D eigenvalue weighted by atomic mass is 32.1. The summed E-state index contributed by atoms with van der Waals surface area (Å²) in [7, 11) is 0. The summed E-state index contributed by atoms with van der Waals surface area (Å²) in [6.07, 6.45) is 0.782. The molecule has 5 nitrogen and oxygen atoms in total. The second kappa shape index (κ2) is 6.29. The summed E-state index contributed by atoms with van der Waals surface area (Å²) in [6, 6.07) is 7.41. The van der Waals surface area contributed by atoms with Gasteiger partial charge >= 0.3 is 5.97 Å². The molecule has 20 heavy (non-hydrogen) atoms. The third kappa shape index (κ3) is 3.21. The summed E-state index contributed by atoms with van der Waals surface area (Å²) in [6.45, 7) is 2.22. The molecule has 1 heterocycles. The van der Waals surface area contributed by atoms with Crippen LogP contribution in [0.1, 0.15) is 38.3 Å². The molecule has 0 saturated carbocycles. The van der Waals surface area contributed by atoms with Crippen LogP contribution in [0.25, 0.3) is 0 Å². The number of aryl methyl sites for hydroxylation is 1. The van der Waals surface area contributed by atoms with Crippen molar-refractivity contribution in [2.75, 3.05) is 0 Å². The summed E-state index contributed by atoms with van der Waals surface area (Å²) < 4.78 is 0. The minimum atomic E-state index is -1.06. The quantitative estimate of drug-likeness (QED) is 0.885. The van der Waals surface area contributed by atoms with Crippen LogP contribution in [0.2, 0.25) is 0 Å². The zero-order chi connectivity index (χ0) is 14.5. The SMILES string of the molecule is CCc1ccccc1C(=O)NCc1nc(C(=O)O)cs1. The molecular weight excluding hydrogens is 276 g/mol. The number of thiazole rings is 1. The van der Waals surface area contributed by atoms with Gasteiger partial charge in [-0.15, -0.1) is 11.3 Å². The van der Waals surface area contributed by atoms with E-state index in [-0.39, 0.29) is 18.1 Å². The monoisotopic (exact) mass is 290 g/mol. The van der Waals surface area contributed by atoms with Gasteiger partial charge in [-0.05, 0) is 18.1 Å². The van der Waals surface area contributed by atoms with Gasteiger partial charge in [0.05, 0.1) is 6.54 Å². The number of carbonyl (C=O) groups excluding carboxylic acids is 1. The lowest BCUT2D eigenvalue weighted by molar-refractivity contribution is 0.0691. The van der Waals surface area contributed by atoms with Gasteiger partial charge < -0.3 is 10.4 Å². The Kier molecular flexibility index (Phi) is 4.47. The highest BCUT2D eigenvalue weighted by molar-refractivity contribution is 7.09. The van der Waals surface area contributed by atoms with Crippen LogP contribution in [0.5, 0.6) is 0 Å². The molecule has 0 unspecified atom stereocenters. The zero-order valence-corrected chi connectivity index (χ0v) is 11.7. The fourth-order valence-electron chi connectivity index (χ4n) is 1.79. The van der Waals surface area contributed by atoms with Crippen molar-refractivity contribution >= 4 is 23.2 Å². The highest BCUT2D eigenvalue weighted by Crippen LogP contribution is 2.12. The Hall–Kier alpha value is -2.21. The van der Waals surface area contributed by atoms with E-state index in [2.05, 4.69) is 10.3 Å². The van der Waals surface area contributed by atoms with Gasteiger partial charge in [0.2, 0.25) is 0 Å². The Morgan fingerprint density at radius 1 is 1.35 bits per heavy atom. The van der Waals surface area contributed by atoms with Gasteiger partial charge in [-0.1, -0.05) is 25.1 Å². The number of aromatic carboxylic acids is 1. The maximum atomic E-state index is 12.1. The van der Waals surface area contributed by atoms with Crippen molar-refractivity contribution in [2.24, 2.45) is 0 Å². The Labute approximate surface area is 120 Å². The fraction of sp³-hybridized carbons (Fsp3) is 0.214. The third-order valence-electron chi connectivity index (χ3n) is 2.81. The van der Waals surface area contributed by atoms with E-state index >= 15 is 0 Å². The predicted octanol–water partition coefficient (Wildman–Crippen LogP) is 2.33. The van der Waals surface area contributed by atoms with Crippen LogP contribution in [0.4, 0.5) is 0 Å². The first-order valence-corrected chi connectivity index (χ1v) is 7.03. The van der Waals surface area contributed by atoms with Crippen molar-refractivity contribution in [3.05, 3.63) is 51.5 Å². The minimum absolute atomic E-state index is 0.00760. The number of hydrogen-bond donors (Lipinski definition) is 2. The number of carboxylic acid groups (broad SMARTS) is 1. The van der Waals surface area contributed by atoms with Gasteiger partial charge in [-0.3, -0.25) is 4.79 Å². The van der Waals surface area contributed by atoms with Crippen molar-refractivity contribution in [1.82, 2.24) is 10.3 Å². The van der Waals surface area contributed by atoms with Gasteiger partial charge in [0.1, 0.15) is 5.01 Å². The first-order chi connectivity index (χ1) is 9.61. The van der Waals surface area contributed by atoms with E-state index in [9.17, 15) is 9.59 Å². The minimum Gasteiger partial charge on any atom is -0.476 e. The standard InChI is InChI=1S/C14H14N2O3S/c1-2-9-5-3-4-6-10(9)13(17)15-7-12-16-11(8-20-12)14(18)19/h3-6,8H,2,7H2,1H3,(H,15,17)(H,18,19). The molecule has 0 fully saturated rings. The van der Waals surface area contributed by atoms with Gasteiger partial charge in [0.15, 0.2) is 5.69 Å². The molecule has 2 rings (SSSR count). The summed E-state index contributed by atoms with van der Waals surface area (Å²) in [5.41, 5.74) is 1.63.